The van der Waals surface area contributed by atoms with E-state index in [2.05, 4.69) is 22.0 Å². The summed E-state index contributed by atoms with van der Waals surface area (Å²) in [7, 11) is -1.95. The molecule has 0 unspecified atom stereocenters. The van der Waals surface area contributed by atoms with Crippen molar-refractivity contribution in [3.05, 3.63) is 58.1 Å². The number of sulfonamides is 1. The fourth-order valence-electron chi connectivity index (χ4n) is 2.63. The van der Waals surface area contributed by atoms with E-state index >= 15 is 0 Å². The number of nitrogens with zero attached hydrogens (tertiary/aromatic N) is 1. The van der Waals surface area contributed by atoms with Crippen LogP contribution in [-0.2, 0) is 23.0 Å². The molecule has 2 aromatic rings. The molecule has 22 heavy (non-hydrogen) atoms. The van der Waals surface area contributed by atoms with E-state index in [9.17, 15) is 8.42 Å². The largest absolute Gasteiger partial charge is 0.496 e. The van der Waals surface area contributed by atoms with Crippen LogP contribution in [0.5, 0.6) is 5.75 Å². The third-order valence-electron chi connectivity index (χ3n) is 3.86. The number of ether oxygens (including phenoxy) is 1. The van der Waals surface area contributed by atoms with Gasteiger partial charge in [0.15, 0.2) is 0 Å². The highest BCUT2D eigenvalue weighted by Crippen LogP contribution is 2.30. The van der Waals surface area contributed by atoms with Gasteiger partial charge in [-0.1, -0.05) is 24.3 Å². The first-order chi connectivity index (χ1) is 10.5. The number of fused-ring (bicyclic) bond motifs is 1. The van der Waals surface area contributed by atoms with Gasteiger partial charge in [0.1, 0.15) is 5.75 Å². The topological polar surface area (TPSA) is 46.6 Å². The van der Waals surface area contributed by atoms with Crippen LogP contribution >= 0.6 is 15.9 Å². The molecule has 6 heteroatoms. The van der Waals surface area contributed by atoms with E-state index in [1.54, 1.807) is 25.3 Å². The van der Waals surface area contributed by atoms with Gasteiger partial charge in [0, 0.05) is 13.1 Å². The average Bonchev–Trinajstić information content (AvgIpc) is 2.54. The van der Waals surface area contributed by atoms with Crippen molar-refractivity contribution in [3.63, 3.8) is 0 Å². The third kappa shape index (κ3) is 2.78. The zero-order chi connectivity index (χ0) is 15.7. The molecule has 0 spiro atoms. The van der Waals surface area contributed by atoms with Gasteiger partial charge in [-0.2, -0.15) is 4.31 Å². The lowest BCUT2D eigenvalue weighted by atomic mass is 10.0. The van der Waals surface area contributed by atoms with Crippen LogP contribution in [0.15, 0.2) is 51.8 Å². The molecule has 116 valence electrons. The van der Waals surface area contributed by atoms with E-state index in [1.807, 2.05) is 18.2 Å². The summed E-state index contributed by atoms with van der Waals surface area (Å²) in [4.78, 5) is 0.277. The van der Waals surface area contributed by atoms with Gasteiger partial charge in [-0.25, -0.2) is 8.42 Å². The first-order valence-corrected chi connectivity index (χ1v) is 9.16. The van der Waals surface area contributed by atoms with Crippen molar-refractivity contribution in [2.24, 2.45) is 0 Å². The molecule has 0 bridgehead atoms. The highest BCUT2D eigenvalue weighted by Gasteiger charge is 2.28. The lowest BCUT2D eigenvalue weighted by Gasteiger charge is -2.28. The summed E-state index contributed by atoms with van der Waals surface area (Å²) in [6, 6.07) is 12.8. The van der Waals surface area contributed by atoms with Gasteiger partial charge in [0.25, 0.3) is 0 Å². The fraction of sp³-hybridized carbons (Fsp3) is 0.250. The molecule has 3 rings (SSSR count). The molecule has 0 saturated carbocycles. The maximum atomic E-state index is 12.8. The van der Waals surface area contributed by atoms with Crippen molar-refractivity contribution in [2.75, 3.05) is 13.7 Å². The van der Waals surface area contributed by atoms with Crippen molar-refractivity contribution in [2.45, 2.75) is 17.9 Å². The molecule has 0 aliphatic carbocycles. The average molecular weight is 382 g/mol. The van der Waals surface area contributed by atoms with Gasteiger partial charge in [0.05, 0.1) is 16.5 Å². The van der Waals surface area contributed by atoms with Crippen LogP contribution in [0.4, 0.5) is 0 Å². The van der Waals surface area contributed by atoms with Crippen LogP contribution in [0, 0.1) is 0 Å². The molecule has 1 heterocycles. The fourth-order valence-corrected chi connectivity index (χ4v) is 4.77. The summed E-state index contributed by atoms with van der Waals surface area (Å²) in [5.74, 6) is 0.614. The zero-order valence-electron chi connectivity index (χ0n) is 12.1. The van der Waals surface area contributed by atoms with Crippen molar-refractivity contribution < 1.29 is 13.2 Å². The zero-order valence-corrected chi connectivity index (χ0v) is 14.5. The van der Waals surface area contributed by atoms with Gasteiger partial charge in [0.2, 0.25) is 10.0 Å². The molecular formula is C16H16BrNO3S. The lowest BCUT2D eigenvalue weighted by molar-refractivity contribution is 0.390. The Hall–Kier alpha value is -1.37. The second kappa shape index (κ2) is 6.02. The van der Waals surface area contributed by atoms with E-state index in [1.165, 1.54) is 9.87 Å². The highest BCUT2D eigenvalue weighted by molar-refractivity contribution is 9.10. The van der Waals surface area contributed by atoms with Crippen LogP contribution in [0.25, 0.3) is 0 Å². The van der Waals surface area contributed by atoms with Gasteiger partial charge in [-0.3, -0.25) is 0 Å². The van der Waals surface area contributed by atoms with E-state index in [0.717, 1.165) is 12.0 Å². The van der Waals surface area contributed by atoms with Crippen LogP contribution in [-0.4, -0.2) is 26.4 Å². The number of rotatable bonds is 3. The summed E-state index contributed by atoms with van der Waals surface area (Å²) in [5.41, 5.74) is 2.30. The number of benzene rings is 2. The predicted molar refractivity (Wildman–Crippen MR) is 88.4 cm³/mol. The standard InChI is InChI=1S/C16H16BrNO3S/c1-21-16-7-6-14(10-15(16)17)22(19,20)18-9-8-12-4-2-3-5-13(12)11-18/h2-7,10H,8-9,11H2,1H3. The van der Waals surface area contributed by atoms with Gasteiger partial charge >= 0.3 is 0 Å². The molecule has 0 saturated heterocycles. The van der Waals surface area contributed by atoms with E-state index in [0.29, 0.717) is 23.3 Å². The minimum Gasteiger partial charge on any atom is -0.496 e. The molecule has 0 aromatic heterocycles. The first kappa shape index (κ1) is 15.5. The molecule has 4 nitrogen and oxygen atoms in total. The number of hydrogen-bond acceptors (Lipinski definition) is 3. The molecule has 0 fully saturated rings. The Labute approximate surface area is 138 Å². The van der Waals surface area contributed by atoms with E-state index < -0.39 is 10.0 Å². The van der Waals surface area contributed by atoms with Crippen molar-refractivity contribution in [1.82, 2.24) is 4.31 Å². The summed E-state index contributed by atoms with van der Waals surface area (Å²) >= 11 is 3.34. The van der Waals surface area contributed by atoms with Crippen LogP contribution in [0.3, 0.4) is 0 Å². The van der Waals surface area contributed by atoms with Crippen molar-refractivity contribution in [1.29, 1.82) is 0 Å². The van der Waals surface area contributed by atoms with Crippen molar-refractivity contribution >= 4 is 26.0 Å². The smallest absolute Gasteiger partial charge is 0.243 e. The maximum Gasteiger partial charge on any atom is 0.243 e. The summed E-state index contributed by atoms with van der Waals surface area (Å²) in [6.45, 7) is 0.922. The Morgan fingerprint density at radius 2 is 1.86 bits per heavy atom. The van der Waals surface area contributed by atoms with Crippen LogP contribution in [0.1, 0.15) is 11.1 Å². The molecule has 0 atom stereocenters. The Morgan fingerprint density at radius 3 is 2.55 bits per heavy atom. The second-order valence-electron chi connectivity index (χ2n) is 5.15. The van der Waals surface area contributed by atoms with E-state index in [4.69, 9.17) is 4.74 Å². The molecule has 1 aliphatic rings. The normalized spacial score (nSPS) is 15.4. The first-order valence-electron chi connectivity index (χ1n) is 6.93. The summed E-state index contributed by atoms with van der Waals surface area (Å²) in [5, 5.41) is 0. The van der Waals surface area contributed by atoms with Gasteiger partial charge < -0.3 is 4.74 Å². The minimum atomic E-state index is -3.50. The monoisotopic (exact) mass is 381 g/mol. The van der Waals surface area contributed by atoms with Gasteiger partial charge in [-0.05, 0) is 51.7 Å². The maximum absolute atomic E-state index is 12.8. The number of halogens is 1. The summed E-state index contributed by atoms with van der Waals surface area (Å²) in [6.07, 6.45) is 0.743. The SMILES string of the molecule is COc1ccc(S(=O)(=O)N2CCc3ccccc3C2)cc1Br. The van der Waals surface area contributed by atoms with Crippen LogP contribution < -0.4 is 4.74 Å². The highest BCUT2D eigenvalue weighted by atomic mass is 79.9. The predicted octanol–water partition coefficient (Wildman–Crippen LogP) is 3.20. The Balaban J connectivity index is 1.93. The van der Waals surface area contributed by atoms with Crippen LogP contribution in [0.2, 0.25) is 0 Å². The minimum absolute atomic E-state index is 0.277. The molecule has 0 radical (unpaired) electrons. The Bertz CT molecular complexity index is 805. The second-order valence-corrected chi connectivity index (χ2v) is 7.95. The van der Waals surface area contributed by atoms with Crippen molar-refractivity contribution in [3.8, 4) is 5.75 Å². The lowest BCUT2D eigenvalue weighted by Crippen LogP contribution is -2.35. The molecule has 2 aromatic carbocycles. The molecular weight excluding hydrogens is 366 g/mol. The Kier molecular flexibility index (Phi) is 4.25. The quantitative estimate of drug-likeness (QED) is 0.819. The number of hydrogen-bond donors (Lipinski definition) is 0. The number of methoxy groups -OCH3 is 1. The van der Waals surface area contributed by atoms with E-state index in [-0.39, 0.29) is 4.90 Å². The Morgan fingerprint density at radius 1 is 1.14 bits per heavy atom. The summed E-state index contributed by atoms with van der Waals surface area (Å²) < 4.78 is 32.9. The third-order valence-corrected chi connectivity index (χ3v) is 6.32. The molecule has 0 amide bonds. The molecule has 1 aliphatic heterocycles. The molecule has 0 N–H and O–H groups in total. The van der Waals surface area contributed by atoms with Gasteiger partial charge in [-0.15, -0.1) is 0 Å².